The van der Waals surface area contributed by atoms with Crippen LogP contribution in [-0.4, -0.2) is 30.3 Å². The third kappa shape index (κ3) is 3.80. The van der Waals surface area contributed by atoms with Crippen molar-refractivity contribution < 1.29 is 14.6 Å². The Kier molecular flexibility index (Phi) is 5.12. The van der Waals surface area contributed by atoms with E-state index in [1.165, 1.54) is 6.42 Å². The fourth-order valence-corrected chi connectivity index (χ4v) is 2.99. The summed E-state index contributed by atoms with van der Waals surface area (Å²) in [5.74, 6) is 0.716. The minimum Gasteiger partial charge on any atom is -0.497 e. The highest BCUT2D eigenvalue weighted by atomic mass is 16.5. The largest absolute Gasteiger partial charge is 0.497 e. The van der Waals surface area contributed by atoms with Crippen molar-refractivity contribution in [2.75, 3.05) is 13.7 Å². The fourth-order valence-electron chi connectivity index (χ4n) is 2.99. The number of hydrogen-bond acceptors (Lipinski definition) is 3. The highest BCUT2D eigenvalue weighted by Crippen LogP contribution is 2.29. The van der Waals surface area contributed by atoms with Gasteiger partial charge in [0.15, 0.2) is 0 Å². The van der Waals surface area contributed by atoms with Gasteiger partial charge in [0.1, 0.15) is 5.75 Å². The molecule has 0 saturated heterocycles. The van der Waals surface area contributed by atoms with E-state index < -0.39 is 11.0 Å². The van der Waals surface area contributed by atoms with Crippen LogP contribution in [0.25, 0.3) is 0 Å². The number of rotatable bonds is 5. The van der Waals surface area contributed by atoms with Crippen molar-refractivity contribution >= 4 is 5.91 Å². The second-order valence-corrected chi connectivity index (χ2v) is 6.82. The maximum Gasteiger partial charge on any atom is 0.230 e. The van der Waals surface area contributed by atoms with Crippen LogP contribution in [-0.2, 0) is 10.2 Å². The number of aliphatic hydroxyl groups is 1. The summed E-state index contributed by atoms with van der Waals surface area (Å²) >= 11 is 0. The lowest BCUT2D eigenvalue weighted by Crippen LogP contribution is -2.48. The Morgan fingerprint density at radius 1 is 1.23 bits per heavy atom. The van der Waals surface area contributed by atoms with Gasteiger partial charge in [-0.3, -0.25) is 4.79 Å². The molecule has 1 amide bonds. The Morgan fingerprint density at radius 2 is 1.82 bits per heavy atom. The number of methoxy groups -OCH3 is 1. The van der Waals surface area contributed by atoms with Crippen molar-refractivity contribution in [1.82, 2.24) is 5.32 Å². The minimum atomic E-state index is -0.732. The number of nitrogens with one attached hydrogen (secondary N) is 1. The molecule has 0 aliphatic heterocycles. The molecule has 0 unspecified atom stereocenters. The molecule has 4 nitrogen and oxygen atoms in total. The Bertz CT molecular complexity index is 502. The average molecular weight is 305 g/mol. The van der Waals surface area contributed by atoms with E-state index in [2.05, 4.69) is 5.32 Å². The number of ether oxygens (including phenoxy) is 1. The maximum absolute atomic E-state index is 12.6. The lowest BCUT2D eigenvalue weighted by atomic mass is 9.82. The quantitative estimate of drug-likeness (QED) is 0.879. The van der Waals surface area contributed by atoms with Crippen molar-refractivity contribution in [1.29, 1.82) is 0 Å². The highest BCUT2D eigenvalue weighted by molar-refractivity contribution is 5.87. The molecule has 0 heterocycles. The maximum atomic E-state index is 12.6. The molecule has 2 rings (SSSR count). The minimum absolute atomic E-state index is 0.0586. The molecule has 1 fully saturated rings. The van der Waals surface area contributed by atoms with E-state index in [1.807, 2.05) is 38.1 Å². The third-order valence-electron chi connectivity index (χ3n) is 4.74. The Labute approximate surface area is 132 Å². The highest BCUT2D eigenvalue weighted by Gasteiger charge is 2.34. The molecule has 22 heavy (non-hydrogen) atoms. The summed E-state index contributed by atoms with van der Waals surface area (Å²) in [6.45, 7) is 4.13. The van der Waals surface area contributed by atoms with Crippen LogP contribution in [0.3, 0.4) is 0 Å². The van der Waals surface area contributed by atoms with Gasteiger partial charge in [-0.05, 0) is 44.4 Å². The zero-order valence-electron chi connectivity index (χ0n) is 13.8. The first-order valence-corrected chi connectivity index (χ1v) is 8.03. The van der Waals surface area contributed by atoms with Crippen LogP contribution in [0.5, 0.6) is 5.75 Å². The summed E-state index contributed by atoms with van der Waals surface area (Å²) in [6, 6.07) is 7.54. The van der Waals surface area contributed by atoms with Crippen LogP contribution in [0.1, 0.15) is 51.5 Å². The second kappa shape index (κ2) is 6.69. The van der Waals surface area contributed by atoms with E-state index in [-0.39, 0.29) is 5.91 Å². The number of hydrogen-bond donors (Lipinski definition) is 2. The first-order chi connectivity index (χ1) is 10.4. The standard InChI is InChI=1S/C18H27NO3/c1-17(2,14-7-9-15(22-3)10-8-14)16(20)19-13-18(21)11-5-4-6-12-18/h7-10,21H,4-6,11-13H2,1-3H3,(H,19,20). The van der Waals surface area contributed by atoms with Crippen molar-refractivity contribution in [3.63, 3.8) is 0 Å². The van der Waals surface area contributed by atoms with E-state index >= 15 is 0 Å². The monoisotopic (exact) mass is 305 g/mol. The second-order valence-electron chi connectivity index (χ2n) is 6.82. The van der Waals surface area contributed by atoms with E-state index in [0.29, 0.717) is 6.54 Å². The molecular formula is C18H27NO3. The molecule has 1 aliphatic rings. The van der Waals surface area contributed by atoms with E-state index in [0.717, 1.165) is 37.0 Å². The van der Waals surface area contributed by atoms with Gasteiger partial charge in [0, 0.05) is 6.54 Å². The molecule has 0 radical (unpaired) electrons. The summed E-state index contributed by atoms with van der Waals surface area (Å²) in [4.78, 5) is 12.6. The smallest absolute Gasteiger partial charge is 0.230 e. The summed E-state index contributed by atoms with van der Waals surface area (Å²) in [6.07, 6.45) is 4.79. The Hall–Kier alpha value is -1.55. The molecule has 2 N–H and O–H groups in total. The van der Waals surface area contributed by atoms with Crippen LogP contribution in [0.2, 0.25) is 0 Å². The third-order valence-corrected chi connectivity index (χ3v) is 4.74. The molecule has 1 aromatic rings. The number of carbonyl (C=O) groups is 1. The fraction of sp³-hybridized carbons (Fsp3) is 0.611. The van der Waals surface area contributed by atoms with Gasteiger partial charge in [0.05, 0.1) is 18.1 Å². The van der Waals surface area contributed by atoms with E-state index in [4.69, 9.17) is 4.74 Å². The summed E-state index contributed by atoms with van der Waals surface area (Å²) in [5, 5.41) is 13.4. The van der Waals surface area contributed by atoms with Crippen molar-refractivity contribution in [3.05, 3.63) is 29.8 Å². The van der Waals surface area contributed by atoms with Gasteiger partial charge >= 0.3 is 0 Å². The molecule has 1 aliphatic carbocycles. The van der Waals surface area contributed by atoms with Gasteiger partial charge in [-0.15, -0.1) is 0 Å². The summed E-state index contributed by atoms with van der Waals surface area (Å²) in [7, 11) is 1.62. The van der Waals surface area contributed by atoms with Gasteiger partial charge in [-0.25, -0.2) is 0 Å². The van der Waals surface area contributed by atoms with Crippen LogP contribution < -0.4 is 10.1 Å². The van der Waals surface area contributed by atoms with Gasteiger partial charge in [0.25, 0.3) is 0 Å². The number of carbonyl (C=O) groups excluding carboxylic acids is 1. The lowest BCUT2D eigenvalue weighted by molar-refractivity contribution is -0.127. The zero-order chi connectivity index (χ0) is 16.2. The van der Waals surface area contributed by atoms with Crippen LogP contribution in [0.15, 0.2) is 24.3 Å². The van der Waals surface area contributed by atoms with Gasteiger partial charge in [0.2, 0.25) is 5.91 Å². The summed E-state index contributed by atoms with van der Waals surface area (Å²) in [5.41, 5.74) is -0.442. The Balaban J connectivity index is 2.00. The first-order valence-electron chi connectivity index (χ1n) is 8.03. The van der Waals surface area contributed by atoms with Crippen LogP contribution in [0, 0.1) is 0 Å². The number of benzene rings is 1. The molecule has 1 saturated carbocycles. The van der Waals surface area contributed by atoms with Gasteiger partial charge < -0.3 is 15.2 Å². The molecule has 1 aromatic carbocycles. The topological polar surface area (TPSA) is 58.6 Å². The van der Waals surface area contributed by atoms with E-state index in [1.54, 1.807) is 7.11 Å². The predicted octanol–water partition coefficient (Wildman–Crippen LogP) is 2.78. The van der Waals surface area contributed by atoms with Crippen LogP contribution in [0.4, 0.5) is 0 Å². The predicted molar refractivity (Wildman–Crippen MR) is 87.1 cm³/mol. The Morgan fingerprint density at radius 3 is 2.36 bits per heavy atom. The lowest BCUT2D eigenvalue weighted by Gasteiger charge is -2.33. The normalized spacial score (nSPS) is 17.8. The first kappa shape index (κ1) is 16.8. The van der Waals surface area contributed by atoms with Crippen molar-refractivity contribution in [2.24, 2.45) is 0 Å². The average Bonchev–Trinajstić information content (AvgIpc) is 2.53. The van der Waals surface area contributed by atoms with Crippen molar-refractivity contribution in [3.8, 4) is 5.75 Å². The van der Waals surface area contributed by atoms with Crippen molar-refractivity contribution in [2.45, 2.75) is 57.0 Å². The molecule has 0 spiro atoms. The van der Waals surface area contributed by atoms with Gasteiger partial charge in [-0.2, -0.15) is 0 Å². The van der Waals surface area contributed by atoms with E-state index in [9.17, 15) is 9.90 Å². The van der Waals surface area contributed by atoms with Gasteiger partial charge in [-0.1, -0.05) is 31.4 Å². The number of amides is 1. The molecular weight excluding hydrogens is 278 g/mol. The molecule has 0 bridgehead atoms. The van der Waals surface area contributed by atoms with Crippen LogP contribution >= 0.6 is 0 Å². The summed E-state index contributed by atoms with van der Waals surface area (Å²) < 4.78 is 5.15. The molecule has 0 aromatic heterocycles. The SMILES string of the molecule is COc1ccc(C(C)(C)C(=O)NCC2(O)CCCCC2)cc1. The molecule has 122 valence electrons. The zero-order valence-corrected chi connectivity index (χ0v) is 13.8. The molecule has 0 atom stereocenters. The molecule has 4 heteroatoms.